The number of carbonyl (C=O) groups excluding carboxylic acids is 1. The Kier molecular flexibility index (Phi) is 4.73. The molecule has 128 valence electrons. The standard InChI is InChI=1S/C17H19FN2O4/c1-9(19-16(23)24-17(2,3)4)13-11(15(21)22)8-10-6-5-7-12(18)14(10)20-13/h5-9H,1-4H3,(H,19,23)(H,21,22). The number of alkyl carbamates (subject to hydrolysis) is 1. The number of carbonyl (C=O) groups is 2. The normalized spacial score (nSPS) is 12.7. The fourth-order valence-corrected chi connectivity index (χ4v) is 2.23. The highest BCUT2D eigenvalue weighted by atomic mass is 19.1. The Bertz CT molecular complexity index is 799. The number of benzene rings is 1. The van der Waals surface area contributed by atoms with Crippen molar-refractivity contribution in [2.24, 2.45) is 0 Å². The summed E-state index contributed by atoms with van der Waals surface area (Å²) in [6.45, 7) is 6.70. The Balaban J connectivity index is 2.42. The zero-order valence-electron chi connectivity index (χ0n) is 13.9. The second kappa shape index (κ2) is 6.43. The van der Waals surface area contributed by atoms with Crippen LogP contribution in [0.25, 0.3) is 10.9 Å². The van der Waals surface area contributed by atoms with Crippen molar-refractivity contribution in [3.8, 4) is 0 Å². The van der Waals surface area contributed by atoms with Gasteiger partial charge in [0.1, 0.15) is 16.9 Å². The van der Waals surface area contributed by atoms with E-state index in [0.717, 1.165) is 0 Å². The number of hydrogen-bond acceptors (Lipinski definition) is 4. The summed E-state index contributed by atoms with van der Waals surface area (Å²) in [7, 11) is 0. The number of carboxylic acid groups (broad SMARTS) is 1. The minimum atomic E-state index is -1.21. The number of carboxylic acids is 1. The van der Waals surface area contributed by atoms with E-state index in [1.807, 2.05) is 0 Å². The Morgan fingerprint density at radius 1 is 1.33 bits per heavy atom. The number of aromatic nitrogens is 1. The van der Waals surface area contributed by atoms with Crippen molar-refractivity contribution in [2.75, 3.05) is 0 Å². The molecule has 1 atom stereocenters. The molecule has 24 heavy (non-hydrogen) atoms. The maximum absolute atomic E-state index is 13.9. The summed E-state index contributed by atoms with van der Waals surface area (Å²) in [5, 5.41) is 12.3. The highest BCUT2D eigenvalue weighted by Crippen LogP contribution is 2.24. The number of hydrogen-bond donors (Lipinski definition) is 2. The van der Waals surface area contributed by atoms with E-state index < -0.39 is 29.5 Å². The Hall–Kier alpha value is -2.70. The first-order chi connectivity index (χ1) is 11.1. The summed E-state index contributed by atoms with van der Waals surface area (Å²) in [4.78, 5) is 27.5. The molecule has 0 spiro atoms. The first-order valence-corrected chi connectivity index (χ1v) is 7.40. The summed E-state index contributed by atoms with van der Waals surface area (Å²) >= 11 is 0. The van der Waals surface area contributed by atoms with Crippen LogP contribution < -0.4 is 5.32 Å². The SMILES string of the molecule is CC(NC(=O)OC(C)(C)C)c1nc2c(F)cccc2cc1C(=O)O. The summed E-state index contributed by atoms with van der Waals surface area (Å²) in [6.07, 6.45) is -0.707. The van der Waals surface area contributed by atoms with Gasteiger partial charge in [0.05, 0.1) is 17.3 Å². The van der Waals surface area contributed by atoms with Crippen LogP contribution in [-0.4, -0.2) is 27.8 Å². The summed E-state index contributed by atoms with van der Waals surface area (Å²) < 4.78 is 19.1. The van der Waals surface area contributed by atoms with Gasteiger partial charge in [-0.15, -0.1) is 0 Å². The third kappa shape index (κ3) is 3.98. The predicted molar refractivity (Wildman–Crippen MR) is 86.4 cm³/mol. The van der Waals surface area contributed by atoms with Gasteiger partial charge < -0.3 is 15.2 Å². The molecule has 1 heterocycles. The van der Waals surface area contributed by atoms with Gasteiger partial charge in [-0.25, -0.2) is 19.0 Å². The van der Waals surface area contributed by atoms with Crippen molar-refractivity contribution in [2.45, 2.75) is 39.3 Å². The summed E-state index contributed by atoms with van der Waals surface area (Å²) in [5.74, 6) is -1.77. The maximum Gasteiger partial charge on any atom is 0.408 e. The zero-order valence-corrected chi connectivity index (χ0v) is 13.9. The van der Waals surface area contributed by atoms with E-state index in [-0.39, 0.29) is 16.8 Å². The van der Waals surface area contributed by atoms with Crippen molar-refractivity contribution in [1.82, 2.24) is 10.3 Å². The molecule has 0 aliphatic heterocycles. The molecular weight excluding hydrogens is 315 g/mol. The summed E-state index contributed by atoms with van der Waals surface area (Å²) in [6, 6.07) is 4.87. The van der Waals surface area contributed by atoms with Crippen molar-refractivity contribution >= 4 is 23.0 Å². The van der Waals surface area contributed by atoms with Gasteiger partial charge in [-0.3, -0.25) is 0 Å². The van der Waals surface area contributed by atoms with Crippen LogP contribution >= 0.6 is 0 Å². The topological polar surface area (TPSA) is 88.5 Å². The molecule has 0 saturated carbocycles. The van der Waals surface area contributed by atoms with E-state index in [4.69, 9.17) is 4.74 Å². The van der Waals surface area contributed by atoms with Crippen LogP contribution in [-0.2, 0) is 4.74 Å². The molecule has 0 bridgehead atoms. The van der Waals surface area contributed by atoms with Crippen LogP contribution in [0.15, 0.2) is 24.3 Å². The highest BCUT2D eigenvalue weighted by Gasteiger charge is 2.23. The molecular formula is C17H19FN2O4. The molecule has 1 aromatic carbocycles. The van der Waals surface area contributed by atoms with Crippen molar-refractivity contribution in [1.29, 1.82) is 0 Å². The minimum Gasteiger partial charge on any atom is -0.478 e. The number of nitrogens with one attached hydrogen (secondary N) is 1. The molecule has 0 saturated heterocycles. The molecule has 0 aliphatic carbocycles. The van der Waals surface area contributed by atoms with E-state index in [1.165, 1.54) is 18.2 Å². The van der Waals surface area contributed by atoms with Gasteiger partial charge >= 0.3 is 12.1 Å². The second-order valence-corrected chi connectivity index (χ2v) is 6.41. The van der Waals surface area contributed by atoms with Crippen LogP contribution in [0.4, 0.5) is 9.18 Å². The van der Waals surface area contributed by atoms with Gasteiger partial charge in [0.25, 0.3) is 0 Å². The van der Waals surface area contributed by atoms with E-state index >= 15 is 0 Å². The zero-order chi connectivity index (χ0) is 18.1. The van der Waals surface area contributed by atoms with Gasteiger partial charge in [0.15, 0.2) is 0 Å². The molecule has 0 radical (unpaired) electrons. The van der Waals surface area contributed by atoms with Crippen LogP contribution in [0, 0.1) is 5.82 Å². The number of para-hydroxylation sites is 1. The highest BCUT2D eigenvalue weighted by molar-refractivity contribution is 5.94. The quantitative estimate of drug-likeness (QED) is 0.894. The molecule has 2 rings (SSSR count). The molecule has 1 amide bonds. The van der Waals surface area contributed by atoms with E-state index in [9.17, 15) is 19.1 Å². The maximum atomic E-state index is 13.9. The van der Waals surface area contributed by atoms with Crippen molar-refractivity contribution in [3.63, 3.8) is 0 Å². The van der Waals surface area contributed by atoms with Crippen LogP contribution in [0.1, 0.15) is 49.8 Å². The van der Waals surface area contributed by atoms with Crippen molar-refractivity contribution < 1.29 is 23.8 Å². The molecule has 1 aromatic heterocycles. The van der Waals surface area contributed by atoms with E-state index in [1.54, 1.807) is 33.8 Å². The molecule has 2 aromatic rings. The van der Waals surface area contributed by atoms with Crippen LogP contribution in [0.3, 0.4) is 0 Å². The van der Waals surface area contributed by atoms with Gasteiger partial charge in [-0.2, -0.15) is 0 Å². The molecule has 0 fully saturated rings. The van der Waals surface area contributed by atoms with E-state index in [2.05, 4.69) is 10.3 Å². The van der Waals surface area contributed by atoms with Gasteiger partial charge in [0, 0.05) is 5.39 Å². The molecule has 0 aliphatic rings. The van der Waals surface area contributed by atoms with Gasteiger partial charge in [-0.05, 0) is 39.8 Å². The fourth-order valence-electron chi connectivity index (χ4n) is 2.23. The average molecular weight is 334 g/mol. The lowest BCUT2D eigenvalue weighted by Gasteiger charge is -2.22. The largest absolute Gasteiger partial charge is 0.478 e. The smallest absolute Gasteiger partial charge is 0.408 e. The number of pyridine rings is 1. The van der Waals surface area contributed by atoms with Gasteiger partial charge in [-0.1, -0.05) is 12.1 Å². The predicted octanol–water partition coefficient (Wildman–Crippen LogP) is 3.66. The Morgan fingerprint density at radius 3 is 2.58 bits per heavy atom. The lowest BCUT2D eigenvalue weighted by molar-refractivity contribution is 0.0503. The van der Waals surface area contributed by atoms with Gasteiger partial charge in [0.2, 0.25) is 0 Å². The van der Waals surface area contributed by atoms with Crippen LogP contribution in [0.2, 0.25) is 0 Å². The third-order valence-electron chi connectivity index (χ3n) is 3.20. The number of ether oxygens (including phenoxy) is 1. The van der Waals surface area contributed by atoms with Crippen molar-refractivity contribution in [3.05, 3.63) is 41.3 Å². The lowest BCUT2D eigenvalue weighted by Crippen LogP contribution is -2.34. The number of aromatic carboxylic acids is 1. The second-order valence-electron chi connectivity index (χ2n) is 6.41. The fraction of sp³-hybridized carbons (Fsp3) is 0.353. The third-order valence-corrected chi connectivity index (χ3v) is 3.20. The number of nitrogens with zero attached hydrogens (tertiary/aromatic N) is 1. The summed E-state index contributed by atoms with van der Waals surface area (Å²) in [5.41, 5.74) is -0.680. The number of fused-ring (bicyclic) bond motifs is 1. The molecule has 7 heteroatoms. The Labute approximate surface area is 138 Å². The minimum absolute atomic E-state index is 0.0512. The average Bonchev–Trinajstić information content (AvgIpc) is 2.44. The molecule has 6 nitrogen and oxygen atoms in total. The monoisotopic (exact) mass is 334 g/mol. The first kappa shape index (κ1) is 17.7. The molecule has 2 N–H and O–H groups in total. The number of amides is 1. The lowest BCUT2D eigenvalue weighted by atomic mass is 10.0. The number of rotatable bonds is 3. The Morgan fingerprint density at radius 2 is 2.00 bits per heavy atom. The van der Waals surface area contributed by atoms with Crippen LogP contribution in [0.5, 0.6) is 0 Å². The first-order valence-electron chi connectivity index (χ1n) is 7.40. The number of halogens is 1. The van der Waals surface area contributed by atoms with E-state index in [0.29, 0.717) is 5.39 Å². The molecule has 1 unspecified atom stereocenters.